The van der Waals surface area contributed by atoms with Crippen LogP contribution in [0.2, 0.25) is 0 Å². The predicted molar refractivity (Wildman–Crippen MR) is 525 cm³/mol. The topological polar surface area (TPSA) is 379 Å². The molecule has 0 saturated heterocycles. The molecule has 0 spiro atoms. The predicted octanol–water partition coefficient (Wildman–Crippen LogP) is 21.2. The Bertz CT molecular complexity index is 5670. The average Bonchev–Trinajstić information content (AvgIpc) is 1.59. The number of methoxy groups -OCH3 is 1. The van der Waals surface area contributed by atoms with Gasteiger partial charge in [0.05, 0.1) is 90.2 Å². The number of unbranched alkanes of at least 4 members (excludes halogenated alkanes) is 1. The van der Waals surface area contributed by atoms with E-state index in [1.807, 2.05) is 132 Å². The molecule has 5 unspecified atom stereocenters. The molecule has 5 atom stereocenters. The highest BCUT2D eigenvalue weighted by molar-refractivity contribution is 7.89. The zero-order chi connectivity index (χ0) is 98.6. The Morgan fingerprint density at radius 2 is 1.38 bits per heavy atom. The molecule has 10 rings (SSSR count). The van der Waals surface area contributed by atoms with Crippen LogP contribution in [-0.4, -0.2) is 163 Å². The molecule has 0 bridgehead atoms. The maximum atomic E-state index is 14.8. The van der Waals surface area contributed by atoms with Gasteiger partial charge in [0, 0.05) is 55.0 Å². The number of nitrogens with one attached hydrogen (secondary N) is 4. The molecule has 5 heterocycles. The molecule has 31 nitrogen and oxygen atoms in total. The Balaban J connectivity index is 0.000000291. The van der Waals surface area contributed by atoms with E-state index in [-0.39, 0.29) is 147 Å². The van der Waals surface area contributed by atoms with E-state index in [4.69, 9.17) is 45.3 Å². The third-order valence-corrected chi connectivity index (χ3v) is 27.2. The lowest BCUT2D eigenvalue weighted by atomic mass is 9.59. The number of carbonyl (C=O) groups is 5. The number of thiazole rings is 1. The number of aliphatic imine (C=N–C) groups is 1. The molecular weight excluding hydrogens is 1730 g/mol. The quantitative estimate of drug-likeness (QED) is 0.00923. The monoisotopic (exact) mass is 1870 g/mol. The molecular formula is C100H140N18O13S2. The van der Waals surface area contributed by atoms with Gasteiger partial charge in [0.15, 0.2) is 34.8 Å². The molecule has 4 aromatic carbocycles. The van der Waals surface area contributed by atoms with Gasteiger partial charge in [0.25, 0.3) is 0 Å². The number of likely N-dealkylation sites (N-methyl/N-ethyl adjacent to an activating group) is 1. The molecule has 2 aliphatic rings. The molecule has 1 saturated carbocycles. The van der Waals surface area contributed by atoms with Gasteiger partial charge in [-0.1, -0.05) is 177 Å². The van der Waals surface area contributed by atoms with Crippen LogP contribution in [0, 0.1) is 96.8 Å². The first-order valence-electron chi connectivity index (χ1n) is 46.1. The highest BCUT2D eigenvalue weighted by Gasteiger charge is 2.50. The molecule has 0 amide bonds. The first kappa shape index (κ1) is 107. The number of benzene rings is 4. The van der Waals surface area contributed by atoms with E-state index in [9.17, 15) is 37.7 Å². The lowest BCUT2D eigenvalue weighted by molar-refractivity contribution is -0.162. The molecule has 1 fully saturated rings. The number of allylic oxidation sites excluding steroid dienone is 1. The molecule has 4 N–H and O–H groups in total. The van der Waals surface area contributed by atoms with E-state index in [1.165, 1.54) is 35.7 Å². The first-order chi connectivity index (χ1) is 62.5. The van der Waals surface area contributed by atoms with E-state index >= 15 is 0 Å². The molecule has 1 aliphatic carbocycles. The van der Waals surface area contributed by atoms with Crippen LogP contribution in [0.15, 0.2) is 105 Å². The van der Waals surface area contributed by atoms with Gasteiger partial charge in [-0.3, -0.25) is 19.2 Å². The number of hydrogen-bond acceptors (Lipinski definition) is 28. The summed E-state index contributed by atoms with van der Waals surface area (Å²) in [5.41, 5.74) is 8.21. The maximum absolute atomic E-state index is 14.8. The highest BCUT2D eigenvalue weighted by atomic mass is 32.2. The number of nitriles is 1. The van der Waals surface area contributed by atoms with Crippen molar-refractivity contribution in [2.75, 3.05) is 87.7 Å². The summed E-state index contributed by atoms with van der Waals surface area (Å²) in [6, 6.07) is 24.1. The number of carbonyl (C=O) groups excluding carboxylic acids is 5. The minimum absolute atomic E-state index is 0.0137. The molecule has 720 valence electrons. The van der Waals surface area contributed by atoms with E-state index in [1.54, 1.807) is 24.7 Å². The van der Waals surface area contributed by atoms with Gasteiger partial charge in [0.1, 0.15) is 36.5 Å². The number of azo groups is 1. The van der Waals surface area contributed by atoms with E-state index in [0.29, 0.717) is 83.0 Å². The van der Waals surface area contributed by atoms with Crippen molar-refractivity contribution in [3.8, 4) is 22.6 Å². The summed E-state index contributed by atoms with van der Waals surface area (Å²) in [5, 5.41) is 38.5. The lowest BCUT2D eigenvalue weighted by Crippen LogP contribution is -2.49. The Labute approximate surface area is 790 Å². The fourth-order valence-electron chi connectivity index (χ4n) is 15.1. The number of ether oxygens (including phenoxy) is 6. The highest BCUT2D eigenvalue weighted by Crippen LogP contribution is 2.51. The minimum Gasteiger partial charge on any atom is -0.469 e. The van der Waals surface area contributed by atoms with Crippen LogP contribution in [0.25, 0.3) is 37.2 Å². The van der Waals surface area contributed by atoms with Crippen LogP contribution in [0.3, 0.4) is 0 Å². The second kappa shape index (κ2) is 46.5. The summed E-state index contributed by atoms with van der Waals surface area (Å²) in [6.07, 6.45) is 7.33. The number of sulfonamides is 1. The van der Waals surface area contributed by atoms with Crippen LogP contribution in [0.4, 0.5) is 46.2 Å². The SMILES string of the molecule is CCC(C)C(C)C(=O)OCCOCCNc1nc(NC)nc(Nc2c(C)cc(C)cc2C)c1N=Nc1nn(-c2nc3ccc(S(=O)(=O)NC(C)CC(=O)OC)cc3s2)cc1C#N.CCCCOC(=O)C(C)(C)CC.[C-]#[N+]C1=C(C(=O)OC2C(C(C)(C)C)CC(C)CC2C(C)(C)C)c2nc(-c3ccc(C(C)(C)C)cc3)nn2C1=Nc1ccc(N(CC)CCOC(=O)C(C)(C)CC)cc1C. The van der Waals surface area contributed by atoms with Gasteiger partial charge in [-0.2, -0.15) is 15.2 Å². The fraction of sp³-hybridized carbons (Fsp3) is 0.560. The van der Waals surface area contributed by atoms with Crippen molar-refractivity contribution in [1.29, 1.82) is 5.26 Å². The Hall–Kier alpha value is -11.4. The standard InChI is InChI=1S/C49H68N6O4.C41H52N12O7S2.C10H20O2/c1-17-49(14,15)45(57)58-26-25-54(18-2)34-23-24-37(31(4)29-34)51-43-39(50-16)38(42-52-41(53-55(42)43)32-19-21-33(22-20-32)46(5,6)7)44(56)59-40-35(47(8,9)10)27-30(3)28-36(40)48(11,12)13;1-10-24(3)28(7)39(55)60-16-15-59-14-13-44-37-35(38(48-40(43-8)47-37)46-34-25(4)17-23(2)18-26(34)5)49-50-36-29(21-42)22-53(51-36)41-45-31-12-11-30(20-32(31)61-41)62(56,57)52-27(6)19-33(54)58-9;1-5-7-8-12-9(11)10(3,4)6-2/h19-24,29-30,35-36,40H,17-18,25-28H2,1-15H3;11-12,17-18,20,22,24,27-28,52H,10,13-16,19H2,1-9H3,(H3,43,44,46,47,48);5-8H2,1-4H3. The Morgan fingerprint density at radius 1 is 0.744 bits per heavy atom. The van der Waals surface area contributed by atoms with Crippen molar-refractivity contribution in [3.63, 3.8) is 0 Å². The van der Waals surface area contributed by atoms with Crippen LogP contribution in [0.1, 0.15) is 243 Å². The van der Waals surface area contributed by atoms with E-state index < -0.39 is 33.4 Å². The van der Waals surface area contributed by atoms with Crippen molar-refractivity contribution in [2.24, 2.45) is 66.5 Å². The number of nitrogens with zero attached hydrogens (tertiary/aromatic N) is 14. The van der Waals surface area contributed by atoms with Gasteiger partial charge >= 0.3 is 29.8 Å². The van der Waals surface area contributed by atoms with Gasteiger partial charge in [-0.05, 0) is 188 Å². The number of aryl methyl sites for hydroxylation is 4. The third-order valence-electron chi connectivity index (χ3n) is 24.6. The summed E-state index contributed by atoms with van der Waals surface area (Å²) in [6.45, 7) is 64.8. The lowest BCUT2D eigenvalue weighted by Gasteiger charge is -2.50. The maximum Gasteiger partial charge on any atom is 0.331 e. The number of esters is 5. The second-order valence-electron chi connectivity index (χ2n) is 39.0. The number of aromatic nitrogens is 8. The van der Waals surface area contributed by atoms with E-state index in [0.717, 1.165) is 89.1 Å². The van der Waals surface area contributed by atoms with Crippen molar-refractivity contribution in [3.05, 3.63) is 135 Å². The molecule has 0 radical (unpaired) electrons. The number of hydrogen-bond donors (Lipinski definition) is 4. The van der Waals surface area contributed by atoms with Crippen molar-refractivity contribution in [2.45, 2.75) is 254 Å². The van der Waals surface area contributed by atoms with Gasteiger partial charge < -0.3 is 49.3 Å². The smallest absolute Gasteiger partial charge is 0.331 e. The van der Waals surface area contributed by atoms with Crippen LogP contribution in [0.5, 0.6) is 0 Å². The Morgan fingerprint density at radius 3 is 1.94 bits per heavy atom. The molecule has 33 heteroatoms. The first-order valence-corrected chi connectivity index (χ1v) is 48.4. The number of anilines is 5. The number of rotatable bonds is 37. The fourth-order valence-corrected chi connectivity index (χ4v) is 17.4. The van der Waals surface area contributed by atoms with Crippen molar-refractivity contribution >= 4 is 119 Å². The zero-order valence-corrected chi connectivity index (χ0v) is 84.9. The summed E-state index contributed by atoms with van der Waals surface area (Å²) in [7, 11) is -1.05. The molecule has 1 aliphatic heterocycles. The Kier molecular flexibility index (Phi) is 37.4. The van der Waals surface area contributed by atoms with Crippen LogP contribution >= 0.6 is 11.3 Å². The summed E-state index contributed by atoms with van der Waals surface area (Å²) in [5.74, 6) is 0.956. The third kappa shape index (κ3) is 28.1. The molecule has 4 aromatic heterocycles. The largest absolute Gasteiger partial charge is 0.469 e. The van der Waals surface area contributed by atoms with Crippen molar-refractivity contribution < 1.29 is 60.8 Å². The van der Waals surface area contributed by atoms with Gasteiger partial charge in [0.2, 0.25) is 32.6 Å². The second-order valence-corrected chi connectivity index (χ2v) is 41.7. The minimum atomic E-state index is -3.98. The van der Waals surface area contributed by atoms with Crippen LogP contribution in [-0.2, 0) is 67.8 Å². The molecule has 8 aromatic rings. The van der Waals surface area contributed by atoms with Crippen LogP contribution < -0.4 is 25.6 Å². The summed E-state index contributed by atoms with van der Waals surface area (Å²) in [4.78, 5) is 92.8. The summed E-state index contributed by atoms with van der Waals surface area (Å²) < 4.78 is 65.4. The van der Waals surface area contributed by atoms with E-state index in [2.05, 4.69) is 167 Å². The summed E-state index contributed by atoms with van der Waals surface area (Å²) >= 11 is 1.15. The normalized spacial score (nSPS) is 16.3. The average molecular weight is 1870 g/mol. The zero-order valence-electron chi connectivity index (χ0n) is 83.2. The van der Waals surface area contributed by atoms with Gasteiger partial charge in [-0.25, -0.2) is 47.1 Å². The van der Waals surface area contributed by atoms with Crippen molar-refractivity contribution in [1.82, 2.24) is 44.2 Å². The van der Waals surface area contributed by atoms with Gasteiger partial charge in [-0.15, -0.1) is 20.4 Å². The number of fused-ring (bicyclic) bond motifs is 2. The molecule has 133 heavy (non-hydrogen) atoms.